The number of halogens is 1. The van der Waals surface area contributed by atoms with Crippen LogP contribution >= 0.6 is 11.6 Å². The van der Waals surface area contributed by atoms with Gasteiger partial charge in [0.2, 0.25) is 0 Å². The fourth-order valence-electron chi connectivity index (χ4n) is 5.64. The van der Waals surface area contributed by atoms with Gasteiger partial charge < -0.3 is 19.1 Å². The van der Waals surface area contributed by atoms with Crippen LogP contribution in [0.15, 0.2) is 72.8 Å². The summed E-state index contributed by atoms with van der Waals surface area (Å²) >= 11 is 6.59. The summed E-state index contributed by atoms with van der Waals surface area (Å²) in [5.74, 6) is -0.202. The average Bonchev–Trinajstić information content (AvgIpc) is 3.41. The Kier molecular flexibility index (Phi) is 8.24. The van der Waals surface area contributed by atoms with E-state index in [2.05, 4.69) is 6.92 Å². The molecule has 39 heavy (non-hydrogen) atoms. The van der Waals surface area contributed by atoms with E-state index in [4.69, 9.17) is 25.8 Å². The highest BCUT2D eigenvalue weighted by Gasteiger charge is 2.43. The van der Waals surface area contributed by atoms with E-state index in [1.807, 2.05) is 66.7 Å². The van der Waals surface area contributed by atoms with Gasteiger partial charge in [-0.25, -0.2) is 4.79 Å². The Labute approximate surface area is 234 Å². The van der Waals surface area contributed by atoms with E-state index in [0.717, 1.165) is 47.9 Å². The van der Waals surface area contributed by atoms with Gasteiger partial charge in [0.15, 0.2) is 6.10 Å². The predicted octanol–water partition coefficient (Wildman–Crippen LogP) is 6.44. The van der Waals surface area contributed by atoms with Gasteiger partial charge in [-0.1, -0.05) is 91.2 Å². The number of rotatable bonds is 8. The minimum Gasteiger partial charge on any atom is -0.487 e. The smallest absolute Gasteiger partial charge is 0.328 e. The van der Waals surface area contributed by atoms with Crippen molar-refractivity contribution in [3.05, 3.63) is 100 Å². The molecule has 1 saturated carbocycles. The van der Waals surface area contributed by atoms with E-state index in [0.29, 0.717) is 17.4 Å². The van der Waals surface area contributed by atoms with E-state index in [-0.39, 0.29) is 18.9 Å². The number of hydrogen-bond donors (Lipinski definition) is 0. The zero-order valence-corrected chi connectivity index (χ0v) is 23.2. The number of carbonyl (C=O) groups excluding carboxylic acids is 2. The van der Waals surface area contributed by atoms with Crippen LogP contribution in [0.3, 0.4) is 0 Å². The number of ether oxygens (including phenoxy) is 3. The number of esters is 1. The van der Waals surface area contributed by atoms with E-state index in [9.17, 15) is 9.59 Å². The maximum absolute atomic E-state index is 14.3. The van der Waals surface area contributed by atoms with Crippen molar-refractivity contribution < 1.29 is 23.8 Å². The fraction of sp³-hybridized carbons (Fsp3) is 0.375. The summed E-state index contributed by atoms with van der Waals surface area (Å²) in [4.78, 5) is 29.0. The molecule has 1 amide bonds. The Morgan fingerprint density at radius 2 is 1.67 bits per heavy atom. The molecule has 1 fully saturated rings. The largest absolute Gasteiger partial charge is 0.487 e. The van der Waals surface area contributed by atoms with Crippen molar-refractivity contribution in [3.8, 4) is 5.75 Å². The summed E-state index contributed by atoms with van der Waals surface area (Å²) in [7, 11) is 1.34. The Morgan fingerprint density at radius 3 is 2.33 bits per heavy atom. The van der Waals surface area contributed by atoms with E-state index < -0.39 is 23.7 Å². The topological polar surface area (TPSA) is 65.1 Å². The molecule has 1 aliphatic heterocycles. The van der Waals surface area contributed by atoms with Gasteiger partial charge in [0.25, 0.3) is 5.91 Å². The number of fused-ring (bicyclic) bond motifs is 1. The summed E-state index contributed by atoms with van der Waals surface area (Å²) in [6.07, 6.45) is 3.34. The van der Waals surface area contributed by atoms with Crippen LogP contribution in [-0.4, -0.2) is 35.5 Å². The van der Waals surface area contributed by atoms with Crippen molar-refractivity contribution in [2.45, 2.75) is 69.9 Å². The van der Waals surface area contributed by atoms with Gasteiger partial charge in [-0.05, 0) is 42.5 Å². The third kappa shape index (κ3) is 5.97. The molecule has 2 aliphatic rings. The number of methoxy groups -OCH3 is 1. The number of benzene rings is 3. The van der Waals surface area contributed by atoms with Crippen LogP contribution in [0.2, 0.25) is 5.02 Å². The van der Waals surface area contributed by atoms with Crippen molar-refractivity contribution in [1.29, 1.82) is 0 Å². The molecule has 3 aromatic rings. The molecule has 5 rings (SSSR count). The number of carbonyl (C=O) groups is 2. The van der Waals surface area contributed by atoms with Gasteiger partial charge in [0.1, 0.15) is 18.4 Å². The van der Waals surface area contributed by atoms with Gasteiger partial charge in [-0.15, -0.1) is 0 Å². The summed E-state index contributed by atoms with van der Waals surface area (Å²) in [6.45, 7) is 2.63. The van der Waals surface area contributed by atoms with Gasteiger partial charge in [-0.2, -0.15) is 0 Å². The Morgan fingerprint density at radius 1 is 1.00 bits per heavy atom. The second-order valence-corrected chi connectivity index (χ2v) is 11.0. The molecular formula is C32H34ClNO5. The number of hydrogen-bond acceptors (Lipinski definition) is 5. The first-order valence-electron chi connectivity index (χ1n) is 13.5. The number of amides is 1. The Bertz CT molecular complexity index is 1310. The molecule has 0 spiro atoms. The molecule has 3 aromatic carbocycles. The van der Waals surface area contributed by atoms with Crippen molar-refractivity contribution in [2.24, 2.45) is 0 Å². The first kappa shape index (κ1) is 27.2. The van der Waals surface area contributed by atoms with Gasteiger partial charge in [0, 0.05) is 18.5 Å². The van der Waals surface area contributed by atoms with Crippen molar-refractivity contribution in [3.63, 3.8) is 0 Å². The van der Waals surface area contributed by atoms with Crippen LogP contribution in [0, 0.1) is 0 Å². The maximum Gasteiger partial charge on any atom is 0.328 e. The summed E-state index contributed by atoms with van der Waals surface area (Å²) < 4.78 is 18.0. The standard InChI is InChI=1S/C32H34ClNO5/c1-32(17-9-10-18-32)39-28(23-13-7-4-8-14-23)30(35)34-20-24-15-16-26(33)29(25(24)19-27(34)31(36)37-2)38-21-22-11-5-3-6-12-22/h3-8,11-16,27-28H,9-10,17-21H2,1-2H3/t27-,28?/m0/s1. The molecule has 1 unspecified atom stereocenters. The van der Waals surface area contributed by atoms with Crippen LogP contribution in [0.1, 0.15) is 61.0 Å². The quantitative estimate of drug-likeness (QED) is 0.304. The summed E-state index contributed by atoms with van der Waals surface area (Å²) in [6, 6.07) is 22.2. The molecule has 0 bridgehead atoms. The molecule has 6 nitrogen and oxygen atoms in total. The predicted molar refractivity (Wildman–Crippen MR) is 149 cm³/mol. The molecule has 0 radical (unpaired) electrons. The SMILES string of the molecule is COC(=O)[C@@H]1Cc2c(ccc(Cl)c2OCc2ccccc2)CN1C(=O)C(OC1(C)CCCC1)c1ccccc1. The second kappa shape index (κ2) is 11.8. The molecule has 204 valence electrons. The summed E-state index contributed by atoms with van der Waals surface area (Å²) in [5, 5.41) is 0.465. The highest BCUT2D eigenvalue weighted by molar-refractivity contribution is 6.32. The molecule has 1 heterocycles. The van der Waals surface area contributed by atoms with Crippen LogP contribution in [0.25, 0.3) is 0 Å². The fourth-order valence-corrected chi connectivity index (χ4v) is 5.87. The van der Waals surface area contributed by atoms with Gasteiger partial charge in [-0.3, -0.25) is 4.79 Å². The maximum atomic E-state index is 14.3. The van der Waals surface area contributed by atoms with Gasteiger partial charge >= 0.3 is 5.97 Å². The highest BCUT2D eigenvalue weighted by Crippen LogP contribution is 2.41. The summed E-state index contributed by atoms with van der Waals surface area (Å²) in [5.41, 5.74) is 3.09. The van der Waals surface area contributed by atoms with Crippen molar-refractivity contribution >= 4 is 23.5 Å². The molecule has 0 saturated heterocycles. The normalized spacial score (nSPS) is 18.7. The minimum absolute atomic E-state index is 0.218. The van der Waals surface area contributed by atoms with Crippen LogP contribution < -0.4 is 4.74 Å². The van der Waals surface area contributed by atoms with Crippen molar-refractivity contribution in [1.82, 2.24) is 4.90 Å². The first-order valence-corrected chi connectivity index (χ1v) is 13.8. The molecule has 7 heteroatoms. The molecule has 2 atom stereocenters. The zero-order valence-electron chi connectivity index (χ0n) is 22.4. The lowest BCUT2D eigenvalue weighted by atomic mass is 9.91. The van der Waals surface area contributed by atoms with Gasteiger partial charge in [0.05, 0.1) is 17.7 Å². The highest BCUT2D eigenvalue weighted by atomic mass is 35.5. The number of nitrogens with zero attached hydrogens (tertiary/aromatic N) is 1. The van der Waals surface area contributed by atoms with Crippen LogP contribution in [-0.2, 0) is 38.6 Å². The molecular weight excluding hydrogens is 514 g/mol. The zero-order chi connectivity index (χ0) is 27.4. The third-order valence-electron chi connectivity index (χ3n) is 7.80. The average molecular weight is 548 g/mol. The molecule has 1 aliphatic carbocycles. The lowest BCUT2D eigenvalue weighted by Crippen LogP contribution is -2.51. The van der Waals surface area contributed by atoms with Crippen LogP contribution in [0.5, 0.6) is 5.75 Å². The van der Waals surface area contributed by atoms with Crippen LogP contribution in [0.4, 0.5) is 0 Å². The van der Waals surface area contributed by atoms with E-state index >= 15 is 0 Å². The Balaban J connectivity index is 1.48. The lowest BCUT2D eigenvalue weighted by Gasteiger charge is -2.39. The minimum atomic E-state index is -0.835. The lowest BCUT2D eigenvalue weighted by molar-refractivity contribution is -0.167. The monoisotopic (exact) mass is 547 g/mol. The third-order valence-corrected chi connectivity index (χ3v) is 8.09. The van der Waals surface area contributed by atoms with E-state index in [1.165, 1.54) is 7.11 Å². The molecule has 0 aromatic heterocycles. The molecule has 0 N–H and O–H groups in total. The Hall–Kier alpha value is -3.35. The van der Waals surface area contributed by atoms with Crippen molar-refractivity contribution in [2.75, 3.05) is 7.11 Å². The first-order chi connectivity index (χ1) is 18.9. The second-order valence-electron chi connectivity index (χ2n) is 10.6. The van der Waals surface area contributed by atoms with E-state index in [1.54, 1.807) is 11.0 Å².